The van der Waals surface area contributed by atoms with Crippen LogP contribution in [0, 0.1) is 6.92 Å². The number of carbonyl (C=O) groups excluding carboxylic acids is 1. The van der Waals surface area contributed by atoms with Crippen molar-refractivity contribution in [2.75, 3.05) is 11.1 Å². The molecule has 0 radical (unpaired) electrons. The molecule has 0 saturated heterocycles. The van der Waals surface area contributed by atoms with E-state index in [1.807, 2.05) is 6.92 Å². The number of amides is 1. The first-order valence-corrected chi connectivity index (χ1v) is 6.59. The third-order valence-corrected chi connectivity index (χ3v) is 3.64. The molecule has 94 valence electrons. The summed E-state index contributed by atoms with van der Waals surface area (Å²) in [5.74, 6) is -0.371. The Hall–Kier alpha value is -1.30. The lowest BCUT2D eigenvalue weighted by atomic mass is 10.2. The van der Waals surface area contributed by atoms with Crippen molar-refractivity contribution in [3.63, 3.8) is 0 Å². The minimum absolute atomic E-state index is 0.255. The summed E-state index contributed by atoms with van der Waals surface area (Å²) in [6.07, 6.45) is 0. The summed E-state index contributed by atoms with van der Waals surface area (Å²) in [5.41, 5.74) is 7.01. The van der Waals surface area contributed by atoms with Gasteiger partial charge in [0.25, 0.3) is 5.91 Å². The summed E-state index contributed by atoms with van der Waals surface area (Å²) in [6, 6.07) is 3.29. The van der Waals surface area contributed by atoms with Crippen molar-refractivity contribution in [2.24, 2.45) is 0 Å². The molecule has 1 amide bonds. The van der Waals surface area contributed by atoms with Crippen molar-refractivity contribution in [3.05, 3.63) is 38.8 Å². The van der Waals surface area contributed by atoms with Crippen molar-refractivity contribution in [1.82, 2.24) is 4.98 Å². The SMILES string of the molecule is Cc1cc(Cl)c(NC(=O)c2csc(N)n2)cc1Cl. The Kier molecular flexibility index (Phi) is 3.75. The van der Waals surface area contributed by atoms with Gasteiger partial charge in [-0.2, -0.15) is 0 Å². The van der Waals surface area contributed by atoms with Crippen molar-refractivity contribution < 1.29 is 4.79 Å². The van der Waals surface area contributed by atoms with Gasteiger partial charge in [-0.3, -0.25) is 4.79 Å². The fourth-order valence-corrected chi connectivity index (χ4v) is 2.29. The Morgan fingerprint density at radius 2 is 2.11 bits per heavy atom. The van der Waals surface area contributed by atoms with Gasteiger partial charge in [-0.25, -0.2) is 4.98 Å². The highest BCUT2D eigenvalue weighted by atomic mass is 35.5. The number of thiazole rings is 1. The number of aromatic nitrogens is 1. The van der Waals surface area contributed by atoms with Crippen LogP contribution in [0.15, 0.2) is 17.5 Å². The van der Waals surface area contributed by atoms with Gasteiger partial charge in [0.1, 0.15) is 5.69 Å². The van der Waals surface area contributed by atoms with Crippen LogP contribution in [0.2, 0.25) is 10.0 Å². The van der Waals surface area contributed by atoms with E-state index in [9.17, 15) is 4.79 Å². The van der Waals surface area contributed by atoms with Crippen LogP contribution >= 0.6 is 34.5 Å². The average molecular weight is 302 g/mol. The number of nitrogen functional groups attached to an aromatic ring is 1. The second-order valence-electron chi connectivity index (χ2n) is 3.61. The third-order valence-electron chi connectivity index (χ3n) is 2.25. The van der Waals surface area contributed by atoms with E-state index < -0.39 is 0 Å². The number of halogens is 2. The minimum atomic E-state index is -0.371. The largest absolute Gasteiger partial charge is 0.375 e. The monoisotopic (exact) mass is 301 g/mol. The number of rotatable bonds is 2. The van der Waals surface area contributed by atoms with Gasteiger partial charge >= 0.3 is 0 Å². The van der Waals surface area contributed by atoms with Gasteiger partial charge in [0.15, 0.2) is 5.13 Å². The van der Waals surface area contributed by atoms with Crippen LogP contribution in [0.3, 0.4) is 0 Å². The zero-order chi connectivity index (χ0) is 13.3. The zero-order valence-electron chi connectivity index (χ0n) is 9.33. The molecular weight excluding hydrogens is 293 g/mol. The molecule has 0 saturated carbocycles. The van der Waals surface area contributed by atoms with Crippen LogP contribution in [0.25, 0.3) is 0 Å². The van der Waals surface area contributed by atoms with E-state index in [2.05, 4.69) is 10.3 Å². The molecule has 0 bridgehead atoms. The van der Waals surface area contributed by atoms with Gasteiger partial charge < -0.3 is 11.1 Å². The average Bonchev–Trinajstić information content (AvgIpc) is 2.73. The topological polar surface area (TPSA) is 68.0 Å². The fraction of sp³-hybridized carbons (Fsp3) is 0.0909. The number of benzene rings is 1. The predicted molar refractivity (Wildman–Crippen MR) is 75.7 cm³/mol. The smallest absolute Gasteiger partial charge is 0.275 e. The first-order valence-electron chi connectivity index (χ1n) is 4.95. The molecule has 4 nitrogen and oxygen atoms in total. The van der Waals surface area contributed by atoms with E-state index in [1.54, 1.807) is 17.5 Å². The molecule has 0 atom stereocenters. The molecule has 1 aromatic carbocycles. The van der Waals surface area contributed by atoms with Crippen LogP contribution < -0.4 is 11.1 Å². The maximum absolute atomic E-state index is 11.9. The standard InChI is InChI=1S/C11H9Cl2N3OS/c1-5-2-7(13)8(3-6(5)12)15-10(17)9-4-18-11(14)16-9/h2-4H,1H3,(H2,14,16)(H,15,17). The van der Waals surface area contributed by atoms with Gasteiger partial charge in [-0.05, 0) is 24.6 Å². The molecular formula is C11H9Cl2N3OS. The molecule has 1 aromatic heterocycles. The lowest BCUT2D eigenvalue weighted by molar-refractivity contribution is 0.102. The maximum Gasteiger partial charge on any atom is 0.275 e. The fourth-order valence-electron chi connectivity index (χ4n) is 1.32. The van der Waals surface area contributed by atoms with Crippen molar-refractivity contribution in [1.29, 1.82) is 0 Å². The van der Waals surface area contributed by atoms with Crippen LogP contribution in [0.5, 0.6) is 0 Å². The highest BCUT2D eigenvalue weighted by Gasteiger charge is 2.12. The lowest BCUT2D eigenvalue weighted by Gasteiger charge is -2.08. The van der Waals surface area contributed by atoms with Crippen molar-refractivity contribution in [3.8, 4) is 0 Å². The predicted octanol–water partition coefficient (Wildman–Crippen LogP) is 3.59. The van der Waals surface area contributed by atoms with Crippen LogP contribution in [0.4, 0.5) is 10.8 Å². The molecule has 3 N–H and O–H groups in total. The van der Waals surface area contributed by atoms with Gasteiger partial charge in [0.05, 0.1) is 10.7 Å². The van der Waals surface area contributed by atoms with Gasteiger partial charge in [-0.1, -0.05) is 23.2 Å². The number of hydrogen-bond acceptors (Lipinski definition) is 4. The Balaban J connectivity index is 2.24. The van der Waals surface area contributed by atoms with Gasteiger partial charge in [0.2, 0.25) is 0 Å². The molecule has 0 aliphatic rings. The minimum Gasteiger partial charge on any atom is -0.375 e. The number of anilines is 2. The van der Waals surface area contributed by atoms with Crippen molar-refractivity contribution >= 4 is 51.3 Å². The molecule has 1 heterocycles. The third kappa shape index (κ3) is 2.75. The van der Waals surface area contributed by atoms with Gasteiger partial charge in [-0.15, -0.1) is 11.3 Å². The number of hydrogen-bond donors (Lipinski definition) is 2. The molecule has 0 aliphatic carbocycles. The first-order chi connectivity index (χ1) is 8.47. The van der Waals surface area contributed by atoms with Crippen LogP contribution in [-0.2, 0) is 0 Å². The Morgan fingerprint density at radius 1 is 1.39 bits per heavy atom. The van der Waals surface area contributed by atoms with Crippen molar-refractivity contribution in [2.45, 2.75) is 6.92 Å². The van der Waals surface area contributed by atoms with E-state index >= 15 is 0 Å². The van der Waals surface area contributed by atoms with Crippen LogP contribution in [0.1, 0.15) is 16.1 Å². The van der Waals surface area contributed by atoms with E-state index in [1.165, 1.54) is 11.3 Å². The second kappa shape index (κ2) is 5.14. The number of aryl methyl sites for hydroxylation is 1. The van der Waals surface area contributed by atoms with E-state index in [0.29, 0.717) is 20.9 Å². The summed E-state index contributed by atoms with van der Waals surface area (Å²) in [4.78, 5) is 15.7. The maximum atomic E-state index is 11.9. The molecule has 0 unspecified atom stereocenters. The van der Waals surface area contributed by atoms with E-state index in [0.717, 1.165) is 5.56 Å². The lowest BCUT2D eigenvalue weighted by Crippen LogP contribution is -2.12. The molecule has 2 rings (SSSR count). The summed E-state index contributed by atoms with van der Waals surface area (Å²) in [6.45, 7) is 1.83. The summed E-state index contributed by atoms with van der Waals surface area (Å²) in [7, 11) is 0. The summed E-state index contributed by atoms with van der Waals surface area (Å²) < 4.78 is 0. The first kappa shape index (κ1) is 13.1. The molecule has 0 aliphatic heterocycles. The second-order valence-corrected chi connectivity index (χ2v) is 5.31. The Morgan fingerprint density at radius 3 is 2.72 bits per heavy atom. The van der Waals surface area contributed by atoms with Crippen LogP contribution in [-0.4, -0.2) is 10.9 Å². The number of nitrogens with zero attached hydrogens (tertiary/aromatic N) is 1. The molecule has 7 heteroatoms. The van der Waals surface area contributed by atoms with Gasteiger partial charge in [0, 0.05) is 10.4 Å². The van der Waals surface area contributed by atoms with E-state index in [4.69, 9.17) is 28.9 Å². The summed E-state index contributed by atoms with van der Waals surface area (Å²) >= 11 is 13.2. The molecule has 2 aromatic rings. The Labute approximate surface area is 118 Å². The molecule has 18 heavy (non-hydrogen) atoms. The molecule has 0 fully saturated rings. The normalized spacial score (nSPS) is 10.4. The molecule has 0 spiro atoms. The number of nitrogens with two attached hydrogens (primary N) is 1. The number of carbonyl (C=O) groups is 1. The zero-order valence-corrected chi connectivity index (χ0v) is 11.7. The highest BCUT2D eigenvalue weighted by molar-refractivity contribution is 7.13. The summed E-state index contributed by atoms with van der Waals surface area (Å²) in [5, 5.41) is 5.52. The quantitative estimate of drug-likeness (QED) is 0.890. The highest BCUT2D eigenvalue weighted by Crippen LogP contribution is 2.29. The Bertz CT molecular complexity index is 612. The van der Waals surface area contributed by atoms with E-state index in [-0.39, 0.29) is 11.6 Å². The number of nitrogens with one attached hydrogen (secondary N) is 1.